The van der Waals surface area contributed by atoms with Crippen LogP contribution in [-0.2, 0) is 9.59 Å². The van der Waals surface area contributed by atoms with Crippen molar-refractivity contribution < 1.29 is 14.7 Å². The van der Waals surface area contributed by atoms with Gasteiger partial charge in [-0.3, -0.25) is 10.6 Å². The van der Waals surface area contributed by atoms with Gasteiger partial charge in [0.05, 0.1) is 0 Å². The van der Waals surface area contributed by atoms with Crippen molar-refractivity contribution in [3.05, 3.63) is 11.8 Å². The second kappa shape index (κ2) is 3.62. The van der Waals surface area contributed by atoms with E-state index in [1.165, 1.54) is 0 Å². The van der Waals surface area contributed by atoms with Gasteiger partial charge in [-0.05, 0) is 0 Å². The maximum Gasteiger partial charge on any atom is 0.353 e. The van der Waals surface area contributed by atoms with Crippen molar-refractivity contribution in [1.29, 1.82) is 0 Å². The molecule has 0 spiro atoms. The van der Waals surface area contributed by atoms with Gasteiger partial charge in [-0.1, -0.05) is 0 Å². The molecular formula is C4H6N2O3. The number of nitrogens with one attached hydrogen (secondary N) is 1. The van der Waals surface area contributed by atoms with Crippen LogP contribution in [0.3, 0.4) is 0 Å². The summed E-state index contributed by atoms with van der Waals surface area (Å²) in [7, 11) is 0. The highest BCUT2D eigenvalue weighted by molar-refractivity contribution is 5.90. The Balaban J connectivity index is 4.14. The molecule has 0 aromatic carbocycles. The number of rotatable bonds is 3. The molecule has 0 saturated heterocycles. The monoisotopic (exact) mass is 130 g/mol. The standard InChI is InChI=1S/C4H6N2O3/c5-6-3(1-2-7)4(8)9/h1-2,6H,5H2,(H,8,9). The summed E-state index contributed by atoms with van der Waals surface area (Å²) in [4.78, 5) is 19.6. The Bertz CT molecular complexity index is 152. The third-order valence-corrected chi connectivity index (χ3v) is 0.621. The highest BCUT2D eigenvalue weighted by Gasteiger charge is 2.01. The van der Waals surface area contributed by atoms with E-state index in [9.17, 15) is 9.59 Å². The minimum absolute atomic E-state index is 0.329. The molecule has 0 aromatic rings. The van der Waals surface area contributed by atoms with Gasteiger partial charge in [0, 0.05) is 6.08 Å². The summed E-state index contributed by atoms with van der Waals surface area (Å²) >= 11 is 0. The van der Waals surface area contributed by atoms with Crippen LogP contribution in [0.25, 0.3) is 0 Å². The van der Waals surface area contributed by atoms with Gasteiger partial charge in [0.2, 0.25) is 0 Å². The molecule has 0 saturated carbocycles. The Morgan fingerprint density at radius 1 is 1.67 bits per heavy atom. The van der Waals surface area contributed by atoms with Gasteiger partial charge in [-0.25, -0.2) is 4.79 Å². The Kier molecular flexibility index (Phi) is 3.07. The number of hydrogen-bond acceptors (Lipinski definition) is 4. The van der Waals surface area contributed by atoms with Gasteiger partial charge < -0.3 is 10.5 Å². The molecule has 0 aliphatic rings. The maximum absolute atomic E-state index is 9.95. The number of hydrazine groups is 1. The molecule has 0 aromatic heterocycles. The fourth-order valence-electron chi connectivity index (χ4n) is 0.249. The third kappa shape index (κ3) is 2.45. The normalized spacial score (nSPS) is 10.6. The highest BCUT2D eigenvalue weighted by atomic mass is 16.4. The summed E-state index contributed by atoms with van der Waals surface area (Å²) in [5.74, 6) is 3.44. The molecule has 0 unspecified atom stereocenters. The van der Waals surface area contributed by atoms with Gasteiger partial charge in [0.1, 0.15) is 12.0 Å². The lowest BCUT2D eigenvalue weighted by molar-refractivity contribution is -0.133. The molecule has 5 nitrogen and oxygen atoms in total. The molecule has 0 amide bonds. The van der Waals surface area contributed by atoms with E-state index in [1.54, 1.807) is 0 Å². The van der Waals surface area contributed by atoms with E-state index < -0.39 is 5.97 Å². The average Bonchev–Trinajstić information content (AvgIpc) is 1.82. The molecule has 0 bridgehead atoms. The van der Waals surface area contributed by atoms with Gasteiger partial charge in [0.15, 0.2) is 0 Å². The number of carboxylic acids is 1. The first-order valence-electron chi connectivity index (χ1n) is 2.07. The minimum Gasteiger partial charge on any atom is -0.477 e. The summed E-state index contributed by atoms with van der Waals surface area (Å²) in [5, 5.41) is 8.13. The van der Waals surface area contributed by atoms with E-state index in [1.807, 2.05) is 5.43 Å². The summed E-state index contributed by atoms with van der Waals surface area (Å²) in [6.45, 7) is 0. The Morgan fingerprint density at radius 3 is 2.33 bits per heavy atom. The highest BCUT2D eigenvalue weighted by Crippen LogP contribution is 1.81. The summed E-state index contributed by atoms with van der Waals surface area (Å²) in [6.07, 6.45) is 1.16. The molecule has 0 atom stereocenters. The van der Waals surface area contributed by atoms with E-state index in [0.29, 0.717) is 6.29 Å². The number of hydrogen-bond donors (Lipinski definition) is 3. The zero-order valence-electron chi connectivity index (χ0n) is 4.50. The van der Waals surface area contributed by atoms with Crippen LogP contribution in [-0.4, -0.2) is 17.4 Å². The minimum atomic E-state index is -1.26. The molecule has 0 aliphatic carbocycles. The number of carboxylic acid groups (broad SMARTS) is 1. The molecular weight excluding hydrogens is 124 g/mol. The SMILES string of the molecule is NNC(=CC=O)C(=O)O. The van der Waals surface area contributed by atoms with Crippen molar-refractivity contribution in [3.63, 3.8) is 0 Å². The van der Waals surface area contributed by atoms with Crippen molar-refractivity contribution in [2.75, 3.05) is 0 Å². The fraction of sp³-hybridized carbons (Fsp3) is 0. The van der Waals surface area contributed by atoms with E-state index in [-0.39, 0.29) is 5.70 Å². The second-order valence-corrected chi connectivity index (χ2v) is 1.17. The van der Waals surface area contributed by atoms with Crippen LogP contribution < -0.4 is 11.3 Å². The van der Waals surface area contributed by atoms with Gasteiger partial charge >= 0.3 is 5.97 Å². The number of nitrogens with two attached hydrogens (primary N) is 1. The third-order valence-electron chi connectivity index (χ3n) is 0.621. The van der Waals surface area contributed by atoms with Crippen molar-refractivity contribution in [3.8, 4) is 0 Å². The van der Waals surface area contributed by atoms with E-state index in [0.717, 1.165) is 6.08 Å². The van der Waals surface area contributed by atoms with Crippen LogP contribution in [0.2, 0.25) is 0 Å². The van der Waals surface area contributed by atoms with Crippen LogP contribution >= 0.6 is 0 Å². The van der Waals surface area contributed by atoms with Crippen LogP contribution in [0.5, 0.6) is 0 Å². The Morgan fingerprint density at radius 2 is 2.22 bits per heavy atom. The van der Waals surface area contributed by atoms with E-state index >= 15 is 0 Å². The molecule has 4 N–H and O–H groups in total. The quantitative estimate of drug-likeness (QED) is 0.189. The maximum atomic E-state index is 9.95. The molecule has 9 heavy (non-hydrogen) atoms. The lowest BCUT2D eigenvalue weighted by Crippen LogP contribution is -2.26. The zero-order chi connectivity index (χ0) is 7.28. The van der Waals surface area contributed by atoms with Crippen molar-refractivity contribution in [1.82, 2.24) is 5.43 Å². The number of allylic oxidation sites excluding steroid dienone is 1. The predicted molar refractivity (Wildman–Crippen MR) is 29.1 cm³/mol. The zero-order valence-corrected chi connectivity index (χ0v) is 4.50. The van der Waals surface area contributed by atoms with Gasteiger partial charge in [-0.15, -0.1) is 0 Å². The number of aliphatic carboxylic acids is 1. The van der Waals surface area contributed by atoms with Gasteiger partial charge in [-0.2, -0.15) is 0 Å². The molecule has 5 heteroatoms. The first-order chi connectivity index (χ1) is 4.22. The van der Waals surface area contributed by atoms with Crippen LogP contribution in [0.4, 0.5) is 0 Å². The number of carbonyl (C=O) groups is 2. The molecule has 0 fully saturated rings. The second-order valence-electron chi connectivity index (χ2n) is 1.17. The first kappa shape index (κ1) is 7.64. The van der Waals surface area contributed by atoms with Gasteiger partial charge in [0.25, 0.3) is 0 Å². The fourth-order valence-corrected chi connectivity index (χ4v) is 0.249. The van der Waals surface area contributed by atoms with Crippen LogP contribution in [0.15, 0.2) is 11.8 Å². The van der Waals surface area contributed by atoms with Crippen LogP contribution in [0.1, 0.15) is 0 Å². The summed E-state index contributed by atoms with van der Waals surface area (Å²) in [6, 6.07) is 0. The topological polar surface area (TPSA) is 92.4 Å². The predicted octanol–water partition coefficient (Wildman–Crippen LogP) is -1.38. The molecule has 50 valence electrons. The van der Waals surface area contributed by atoms with E-state index in [2.05, 4.69) is 0 Å². The molecule has 0 aliphatic heterocycles. The summed E-state index contributed by atoms with van der Waals surface area (Å²) in [5.41, 5.74) is 1.50. The van der Waals surface area contributed by atoms with E-state index in [4.69, 9.17) is 10.9 Å². The smallest absolute Gasteiger partial charge is 0.353 e. The number of carbonyl (C=O) groups excluding carboxylic acids is 1. The largest absolute Gasteiger partial charge is 0.477 e. The Labute approximate surface area is 51.1 Å². The lowest BCUT2D eigenvalue weighted by atomic mass is 10.4. The lowest BCUT2D eigenvalue weighted by Gasteiger charge is -1.94. The van der Waals surface area contributed by atoms with Crippen molar-refractivity contribution in [2.45, 2.75) is 0 Å². The molecule has 0 radical (unpaired) electrons. The average molecular weight is 130 g/mol. The van der Waals surface area contributed by atoms with Crippen molar-refractivity contribution >= 4 is 12.3 Å². The van der Waals surface area contributed by atoms with Crippen LogP contribution in [0, 0.1) is 0 Å². The first-order valence-corrected chi connectivity index (χ1v) is 2.07. The summed E-state index contributed by atoms with van der Waals surface area (Å²) < 4.78 is 0. The van der Waals surface area contributed by atoms with Crippen molar-refractivity contribution in [2.24, 2.45) is 5.84 Å². The Hall–Kier alpha value is -1.36. The molecule has 0 heterocycles. The molecule has 0 rings (SSSR count). The number of aldehydes is 1.